The van der Waals surface area contributed by atoms with Crippen LogP contribution in [0.3, 0.4) is 0 Å². The molecule has 0 spiro atoms. The molecular weight excluding hydrogens is 123 g/mol. The molecule has 0 heterocycles. The molecule has 0 fully saturated rings. The minimum Gasteiger partial charge on any atom is -0.508 e. The van der Waals surface area contributed by atoms with Gasteiger partial charge in [0.1, 0.15) is 5.75 Å². The third-order valence-electron chi connectivity index (χ3n) is 1.54. The van der Waals surface area contributed by atoms with Gasteiger partial charge in [0.25, 0.3) is 0 Å². The van der Waals surface area contributed by atoms with Crippen molar-refractivity contribution in [2.75, 3.05) is 0 Å². The van der Waals surface area contributed by atoms with Gasteiger partial charge in [-0.05, 0) is 12.1 Å². The van der Waals surface area contributed by atoms with Crippen LogP contribution in [0.5, 0.6) is 5.75 Å². The number of benzene rings is 1. The number of phenolic OH excluding ortho intramolecular Hbond substituents is 1. The molecule has 0 aliphatic rings. The van der Waals surface area contributed by atoms with Gasteiger partial charge < -0.3 is 5.11 Å². The van der Waals surface area contributed by atoms with E-state index in [9.17, 15) is 0 Å². The Kier molecular flexibility index (Phi) is 2.00. The summed E-state index contributed by atoms with van der Waals surface area (Å²) >= 11 is 0. The van der Waals surface area contributed by atoms with Gasteiger partial charge in [-0.2, -0.15) is 0 Å². The quantitative estimate of drug-likeness (QED) is 0.574. The fraction of sp³-hybridized carbons (Fsp3) is 0.250. The number of phenols is 1. The van der Waals surface area contributed by atoms with Crippen molar-refractivity contribution in [3.63, 3.8) is 0 Å². The van der Waals surface area contributed by atoms with Gasteiger partial charge in [-0.1, -0.05) is 31.2 Å². The highest BCUT2D eigenvalue weighted by atomic mass is 16.3. The Morgan fingerprint density at radius 1 is 1.30 bits per heavy atom. The standard InChI is InChI=1S/C8H11BO/c1-9(2)7-4-3-5-8(10)6-7/h3-6,10H,1-2H3. The Labute approximate surface area is 61.8 Å². The number of hydrogen-bond acceptors (Lipinski definition) is 1. The van der Waals surface area contributed by atoms with Gasteiger partial charge in [0.2, 0.25) is 0 Å². The van der Waals surface area contributed by atoms with Crippen LogP contribution in [0.25, 0.3) is 0 Å². The molecule has 0 amide bonds. The first-order chi connectivity index (χ1) is 4.70. The summed E-state index contributed by atoms with van der Waals surface area (Å²) in [6, 6.07) is 7.37. The molecule has 1 aromatic rings. The monoisotopic (exact) mass is 134 g/mol. The van der Waals surface area contributed by atoms with E-state index in [0.717, 1.165) is 0 Å². The second-order valence-electron chi connectivity index (χ2n) is 2.75. The first-order valence-corrected chi connectivity index (χ1v) is 3.49. The lowest BCUT2D eigenvalue weighted by molar-refractivity contribution is 0.476. The Morgan fingerprint density at radius 2 is 2.00 bits per heavy atom. The second kappa shape index (κ2) is 2.78. The summed E-state index contributed by atoms with van der Waals surface area (Å²) in [5.41, 5.74) is 1.18. The zero-order valence-corrected chi connectivity index (χ0v) is 6.33. The summed E-state index contributed by atoms with van der Waals surface area (Å²) in [6.07, 6.45) is 0. The molecule has 2 heteroatoms. The average molecular weight is 134 g/mol. The smallest absolute Gasteiger partial charge is 0.169 e. The predicted molar refractivity (Wildman–Crippen MR) is 45.2 cm³/mol. The molecule has 10 heavy (non-hydrogen) atoms. The summed E-state index contributed by atoms with van der Waals surface area (Å²) in [7, 11) is 0. The molecule has 1 aromatic carbocycles. The Bertz CT molecular complexity index is 220. The molecule has 0 radical (unpaired) electrons. The first-order valence-electron chi connectivity index (χ1n) is 3.49. The van der Waals surface area contributed by atoms with Crippen molar-refractivity contribution in [2.24, 2.45) is 0 Å². The topological polar surface area (TPSA) is 20.2 Å². The third kappa shape index (κ3) is 1.53. The molecule has 52 valence electrons. The van der Waals surface area contributed by atoms with Crippen LogP contribution in [0.4, 0.5) is 0 Å². The van der Waals surface area contributed by atoms with E-state index in [-0.39, 0.29) is 0 Å². The molecule has 0 aliphatic carbocycles. The van der Waals surface area contributed by atoms with E-state index in [1.54, 1.807) is 12.1 Å². The van der Waals surface area contributed by atoms with Gasteiger partial charge in [-0.15, -0.1) is 0 Å². The van der Waals surface area contributed by atoms with E-state index in [1.807, 2.05) is 12.1 Å². The molecule has 0 saturated carbocycles. The summed E-state index contributed by atoms with van der Waals surface area (Å²) in [4.78, 5) is 0. The van der Waals surface area contributed by atoms with Gasteiger partial charge in [-0.3, -0.25) is 0 Å². The SMILES string of the molecule is CB(C)c1cccc(O)c1. The number of rotatable bonds is 1. The number of hydrogen-bond donors (Lipinski definition) is 1. The lowest BCUT2D eigenvalue weighted by atomic mass is 9.49. The van der Waals surface area contributed by atoms with E-state index in [1.165, 1.54) is 5.46 Å². The summed E-state index contributed by atoms with van der Waals surface area (Å²) in [5.74, 6) is 0.353. The van der Waals surface area contributed by atoms with Crippen LogP contribution < -0.4 is 5.46 Å². The van der Waals surface area contributed by atoms with Gasteiger partial charge in [0.05, 0.1) is 0 Å². The molecule has 1 rings (SSSR count). The summed E-state index contributed by atoms with van der Waals surface area (Å²) in [5, 5.41) is 9.06. The molecule has 0 aliphatic heterocycles. The van der Waals surface area contributed by atoms with E-state index < -0.39 is 0 Å². The largest absolute Gasteiger partial charge is 0.508 e. The zero-order chi connectivity index (χ0) is 7.56. The Hall–Kier alpha value is -0.915. The van der Waals surface area contributed by atoms with Gasteiger partial charge >= 0.3 is 0 Å². The molecule has 0 atom stereocenters. The van der Waals surface area contributed by atoms with Gasteiger partial charge in [-0.25, -0.2) is 0 Å². The van der Waals surface area contributed by atoms with Crippen molar-refractivity contribution in [2.45, 2.75) is 13.6 Å². The fourth-order valence-electron chi connectivity index (χ4n) is 0.884. The van der Waals surface area contributed by atoms with Crippen molar-refractivity contribution in [1.82, 2.24) is 0 Å². The molecule has 1 nitrogen and oxygen atoms in total. The van der Waals surface area contributed by atoms with E-state index in [2.05, 4.69) is 13.6 Å². The Balaban J connectivity index is 2.96. The maximum Gasteiger partial charge on any atom is 0.169 e. The van der Waals surface area contributed by atoms with Crippen molar-refractivity contribution in [3.8, 4) is 5.75 Å². The highest BCUT2D eigenvalue weighted by molar-refractivity contribution is 6.70. The lowest BCUT2D eigenvalue weighted by Gasteiger charge is -2.00. The maximum atomic E-state index is 9.06. The maximum absolute atomic E-state index is 9.06. The van der Waals surface area contributed by atoms with Crippen LogP contribution in [0.1, 0.15) is 0 Å². The number of aromatic hydroxyl groups is 1. The van der Waals surface area contributed by atoms with Crippen LogP contribution in [0.2, 0.25) is 13.6 Å². The summed E-state index contributed by atoms with van der Waals surface area (Å²) < 4.78 is 0. The van der Waals surface area contributed by atoms with Gasteiger partial charge in [0, 0.05) is 0 Å². The molecule has 0 aromatic heterocycles. The van der Waals surface area contributed by atoms with Crippen LogP contribution in [0.15, 0.2) is 24.3 Å². The normalized spacial score (nSPS) is 9.40. The molecular formula is C8H11BO. The van der Waals surface area contributed by atoms with Crippen LogP contribution in [-0.2, 0) is 0 Å². The van der Waals surface area contributed by atoms with E-state index in [4.69, 9.17) is 5.11 Å². The first kappa shape index (κ1) is 7.20. The molecule has 0 unspecified atom stereocenters. The van der Waals surface area contributed by atoms with Gasteiger partial charge in [0.15, 0.2) is 6.71 Å². The summed E-state index contributed by atoms with van der Waals surface area (Å²) in [6.45, 7) is 4.70. The van der Waals surface area contributed by atoms with Crippen molar-refractivity contribution in [3.05, 3.63) is 24.3 Å². The highest BCUT2D eigenvalue weighted by Gasteiger charge is 2.01. The fourth-order valence-corrected chi connectivity index (χ4v) is 0.884. The van der Waals surface area contributed by atoms with Crippen LogP contribution >= 0.6 is 0 Å². The third-order valence-corrected chi connectivity index (χ3v) is 1.54. The molecule has 0 saturated heterocycles. The lowest BCUT2D eigenvalue weighted by Crippen LogP contribution is -2.21. The zero-order valence-electron chi connectivity index (χ0n) is 6.33. The molecule has 1 N–H and O–H groups in total. The van der Waals surface area contributed by atoms with E-state index in [0.29, 0.717) is 12.5 Å². The van der Waals surface area contributed by atoms with Crippen molar-refractivity contribution in [1.29, 1.82) is 0 Å². The Morgan fingerprint density at radius 3 is 2.40 bits per heavy atom. The van der Waals surface area contributed by atoms with E-state index >= 15 is 0 Å². The molecule has 0 bridgehead atoms. The van der Waals surface area contributed by atoms with Crippen molar-refractivity contribution >= 4 is 12.2 Å². The van der Waals surface area contributed by atoms with Crippen LogP contribution in [-0.4, -0.2) is 11.8 Å². The van der Waals surface area contributed by atoms with Crippen molar-refractivity contribution < 1.29 is 5.11 Å². The van der Waals surface area contributed by atoms with Crippen LogP contribution in [0, 0.1) is 0 Å². The highest BCUT2D eigenvalue weighted by Crippen LogP contribution is 2.03. The predicted octanol–water partition coefficient (Wildman–Crippen LogP) is 1.35. The minimum absolute atomic E-state index is 0.353. The minimum atomic E-state index is 0.353. The average Bonchev–Trinajstić information content (AvgIpc) is 1.88. The second-order valence-corrected chi connectivity index (χ2v) is 2.75.